The number of nitrogens with one attached hydrogen (secondary N) is 1. The Bertz CT molecular complexity index is 1140. The zero-order valence-electron chi connectivity index (χ0n) is 22.5. The number of hydrogen-bond donors (Lipinski definition) is 1. The van der Waals surface area contributed by atoms with Crippen molar-refractivity contribution in [1.29, 1.82) is 0 Å². The van der Waals surface area contributed by atoms with Gasteiger partial charge in [0.15, 0.2) is 0 Å². The van der Waals surface area contributed by atoms with E-state index < -0.39 is 23.5 Å². The first-order chi connectivity index (χ1) is 18.4. The third-order valence-corrected chi connectivity index (χ3v) is 6.79. The lowest BCUT2D eigenvalue weighted by Gasteiger charge is -2.29. The molecule has 0 bridgehead atoms. The molecule has 38 heavy (non-hydrogen) atoms. The van der Waals surface area contributed by atoms with E-state index in [1.54, 1.807) is 29.2 Å². The third-order valence-electron chi connectivity index (χ3n) is 6.79. The highest BCUT2D eigenvalue weighted by molar-refractivity contribution is 6.46. The summed E-state index contributed by atoms with van der Waals surface area (Å²) in [5.41, 5.74) is 1.03. The van der Waals surface area contributed by atoms with E-state index in [0.29, 0.717) is 35.8 Å². The predicted molar refractivity (Wildman–Crippen MR) is 142 cm³/mol. The molecule has 8 nitrogen and oxygen atoms in total. The highest BCUT2D eigenvalue weighted by atomic mass is 16.5. The van der Waals surface area contributed by atoms with Gasteiger partial charge in [-0.3, -0.25) is 9.59 Å². The molecule has 2 saturated heterocycles. The van der Waals surface area contributed by atoms with E-state index >= 15 is 0 Å². The van der Waals surface area contributed by atoms with Gasteiger partial charge in [-0.1, -0.05) is 36.9 Å². The van der Waals surface area contributed by atoms with Gasteiger partial charge in [0, 0.05) is 18.5 Å². The van der Waals surface area contributed by atoms with Crippen LogP contribution in [0, 0.1) is 0 Å². The number of ether oxygens (including phenoxy) is 3. The molecule has 0 aliphatic carbocycles. The second-order valence-corrected chi connectivity index (χ2v) is 10.1. The molecule has 1 N–H and O–H groups in total. The molecule has 2 heterocycles. The SMILES string of the molecule is CCCOc1cccc(C2C(=C([O-])c3ccc(OC(C)C)cc3)C(=O)C(=O)N2CCC[NH+]2CCOCC2)c1. The Balaban J connectivity index is 1.66. The van der Waals surface area contributed by atoms with Crippen LogP contribution in [0.2, 0.25) is 0 Å². The first-order valence-electron chi connectivity index (χ1n) is 13.6. The molecule has 2 fully saturated rings. The summed E-state index contributed by atoms with van der Waals surface area (Å²) in [6.45, 7) is 11.0. The van der Waals surface area contributed by atoms with Crippen LogP contribution in [0.15, 0.2) is 54.1 Å². The average Bonchev–Trinajstić information content (AvgIpc) is 3.17. The maximum Gasteiger partial charge on any atom is 0.295 e. The molecule has 2 aromatic carbocycles. The Morgan fingerprint density at radius 3 is 2.53 bits per heavy atom. The van der Waals surface area contributed by atoms with Crippen molar-refractivity contribution in [2.75, 3.05) is 46.0 Å². The molecule has 0 radical (unpaired) electrons. The standard InChI is InChI=1S/C30H38N2O6/c1-4-17-37-25-8-5-7-23(20-25)27-26(28(33)22-9-11-24(12-10-22)38-21(2)3)29(34)30(35)32(27)14-6-13-31-15-18-36-19-16-31/h5,7-12,20-21,27,33H,4,6,13-19H2,1-3H3. The summed E-state index contributed by atoms with van der Waals surface area (Å²) in [5, 5.41) is 13.7. The summed E-state index contributed by atoms with van der Waals surface area (Å²) in [4.78, 5) is 29.6. The zero-order valence-corrected chi connectivity index (χ0v) is 22.5. The molecule has 0 spiro atoms. The molecule has 8 heteroatoms. The Morgan fingerprint density at radius 2 is 1.84 bits per heavy atom. The molecule has 1 amide bonds. The van der Waals surface area contributed by atoms with E-state index in [1.165, 1.54) is 4.90 Å². The van der Waals surface area contributed by atoms with Gasteiger partial charge in [-0.25, -0.2) is 0 Å². The van der Waals surface area contributed by atoms with E-state index in [0.717, 1.165) is 45.7 Å². The number of rotatable bonds is 11. The van der Waals surface area contributed by atoms with E-state index in [9.17, 15) is 14.7 Å². The van der Waals surface area contributed by atoms with Gasteiger partial charge in [0.05, 0.1) is 38.5 Å². The molecule has 0 saturated carbocycles. The summed E-state index contributed by atoms with van der Waals surface area (Å²) in [7, 11) is 0. The Hall–Kier alpha value is -3.36. The minimum Gasteiger partial charge on any atom is -0.872 e. The van der Waals surface area contributed by atoms with Crippen LogP contribution in [0.5, 0.6) is 11.5 Å². The molecule has 4 rings (SSSR count). The lowest BCUT2D eigenvalue weighted by Crippen LogP contribution is -3.14. The number of Topliss-reactive ketones (excluding diaryl/α,β-unsaturated/α-hetero) is 1. The number of carbonyl (C=O) groups excluding carboxylic acids is 2. The van der Waals surface area contributed by atoms with Crippen molar-refractivity contribution in [3.63, 3.8) is 0 Å². The number of ketones is 1. The first kappa shape index (κ1) is 27.7. The lowest BCUT2D eigenvalue weighted by atomic mass is 9.95. The number of nitrogens with zero attached hydrogens (tertiary/aromatic N) is 1. The van der Waals surface area contributed by atoms with Crippen molar-refractivity contribution in [2.45, 2.75) is 45.8 Å². The third kappa shape index (κ3) is 6.55. The average molecular weight is 523 g/mol. The highest BCUT2D eigenvalue weighted by Gasteiger charge is 2.44. The van der Waals surface area contributed by atoms with Crippen LogP contribution in [-0.2, 0) is 14.3 Å². The fraction of sp³-hybridized carbons (Fsp3) is 0.467. The second kappa shape index (κ2) is 12.9. The predicted octanol–water partition coefficient (Wildman–Crippen LogP) is 1.79. The monoisotopic (exact) mass is 522 g/mol. The maximum atomic E-state index is 13.7. The Labute approximate surface area is 224 Å². The summed E-state index contributed by atoms with van der Waals surface area (Å²) in [6, 6.07) is 13.3. The van der Waals surface area contributed by atoms with Crippen molar-refractivity contribution in [3.05, 3.63) is 65.2 Å². The van der Waals surface area contributed by atoms with Crippen molar-refractivity contribution in [2.24, 2.45) is 0 Å². The normalized spacial score (nSPS) is 19.8. The van der Waals surface area contributed by atoms with Crippen molar-refractivity contribution >= 4 is 17.4 Å². The molecule has 204 valence electrons. The zero-order chi connectivity index (χ0) is 27.1. The number of hydrogen-bond acceptors (Lipinski definition) is 6. The number of likely N-dealkylation sites (tertiary alicyclic amines) is 1. The molecule has 0 aromatic heterocycles. The topological polar surface area (TPSA) is 92.6 Å². The summed E-state index contributed by atoms with van der Waals surface area (Å²) in [5.74, 6) is -0.516. The first-order valence-corrected chi connectivity index (χ1v) is 13.6. The van der Waals surface area contributed by atoms with E-state index in [1.807, 2.05) is 45.0 Å². The fourth-order valence-corrected chi connectivity index (χ4v) is 4.96. The van der Waals surface area contributed by atoms with E-state index in [-0.39, 0.29) is 11.7 Å². The van der Waals surface area contributed by atoms with E-state index in [4.69, 9.17) is 14.2 Å². The van der Waals surface area contributed by atoms with Crippen LogP contribution in [0.1, 0.15) is 50.8 Å². The van der Waals surface area contributed by atoms with Crippen molar-refractivity contribution < 1.29 is 33.8 Å². The van der Waals surface area contributed by atoms with Crippen LogP contribution in [-0.4, -0.2) is 68.7 Å². The van der Waals surface area contributed by atoms with Crippen LogP contribution >= 0.6 is 0 Å². The fourth-order valence-electron chi connectivity index (χ4n) is 4.96. The van der Waals surface area contributed by atoms with Crippen LogP contribution in [0.25, 0.3) is 5.76 Å². The molecular weight excluding hydrogens is 484 g/mol. The van der Waals surface area contributed by atoms with Gasteiger partial charge in [-0.2, -0.15) is 0 Å². The second-order valence-electron chi connectivity index (χ2n) is 10.1. The number of quaternary nitrogens is 1. The highest BCUT2D eigenvalue weighted by Crippen LogP contribution is 2.39. The number of amides is 1. The quantitative estimate of drug-likeness (QED) is 0.275. The van der Waals surface area contributed by atoms with Gasteiger partial charge in [0.1, 0.15) is 24.6 Å². The Morgan fingerprint density at radius 1 is 1.11 bits per heavy atom. The molecule has 2 aromatic rings. The minimum absolute atomic E-state index is 0.000556. The molecule has 2 aliphatic heterocycles. The minimum atomic E-state index is -0.765. The van der Waals surface area contributed by atoms with Gasteiger partial charge in [0.2, 0.25) is 5.78 Å². The van der Waals surface area contributed by atoms with Crippen LogP contribution < -0.4 is 19.5 Å². The molecular formula is C30H38N2O6. The van der Waals surface area contributed by atoms with Gasteiger partial charge in [-0.05, 0) is 55.7 Å². The molecule has 1 atom stereocenters. The van der Waals surface area contributed by atoms with E-state index in [2.05, 4.69) is 0 Å². The van der Waals surface area contributed by atoms with Gasteiger partial charge in [0.25, 0.3) is 5.91 Å². The number of benzene rings is 2. The van der Waals surface area contributed by atoms with Gasteiger partial charge < -0.3 is 29.1 Å². The summed E-state index contributed by atoms with van der Waals surface area (Å²) < 4.78 is 16.9. The molecule has 2 aliphatic rings. The van der Waals surface area contributed by atoms with Gasteiger partial charge >= 0.3 is 0 Å². The van der Waals surface area contributed by atoms with Crippen LogP contribution in [0.4, 0.5) is 0 Å². The molecule has 1 unspecified atom stereocenters. The number of morpholine rings is 1. The largest absolute Gasteiger partial charge is 0.872 e. The van der Waals surface area contributed by atoms with Gasteiger partial charge in [-0.15, -0.1) is 0 Å². The lowest BCUT2D eigenvalue weighted by molar-refractivity contribution is -0.908. The van der Waals surface area contributed by atoms with Crippen molar-refractivity contribution in [1.82, 2.24) is 4.90 Å². The maximum absolute atomic E-state index is 13.7. The Kier molecular flexibility index (Phi) is 9.42. The smallest absolute Gasteiger partial charge is 0.295 e. The van der Waals surface area contributed by atoms with Crippen molar-refractivity contribution in [3.8, 4) is 11.5 Å². The number of carbonyl (C=O) groups is 2. The van der Waals surface area contributed by atoms with Crippen LogP contribution in [0.3, 0.4) is 0 Å². The summed E-state index contributed by atoms with van der Waals surface area (Å²) >= 11 is 0. The summed E-state index contributed by atoms with van der Waals surface area (Å²) in [6.07, 6.45) is 1.58.